The second-order valence-corrected chi connectivity index (χ2v) is 11.7. The monoisotopic (exact) mass is 486 g/mol. The van der Waals surface area contributed by atoms with Crippen LogP contribution >= 0.6 is 11.8 Å². The van der Waals surface area contributed by atoms with Crippen molar-refractivity contribution < 1.29 is 14.1 Å². The number of benzene rings is 1. The fourth-order valence-corrected chi connectivity index (χ4v) is 5.45. The average molecular weight is 486 g/mol. The molecule has 1 atom stereocenters. The summed E-state index contributed by atoms with van der Waals surface area (Å²) in [5.74, 6) is 12.6. The molecule has 1 unspecified atom stereocenters. The van der Waals surface area contributed by atoms with E-state index < -0.39 is 6.03 Å². The van der Waals surface area contributed by atoms with Crippen LogP contribution in [0.4, 0.5) is 10.5 Å². The molecule has 3 rings (SSSR count). The lowest BCUT2D eigenvalue weighted by Gasteiger charge is -2.49. The first-order valence-corrected chi connectivity index (χ1v) is 12.7. The second-order valence-electron chi connectivity index (χ2n) is 10.7. The Labute approximate surface area is 209 Å². The van der Waals surface area contributed by atoms with E-state index in [4.69, 9.17) is 21.0 Å². The molecule has 0 aromatic heterocycles. The van der Waals surface area contributed by atoms with E-state index in [0.717, 1.165) is 27.6 Å². The minimum atomic E-state index is -0.470. The molecule has 1 fully saturated rings. The predicted molar refractivity (Wildman–Crippen MR) is 142 cm³/mol. The van der Waals surface area contributed by atoms with Crippen LogP contribution in [0.1, 0.15) is 59.1 Å². The SMILES string of the molecule is CC1=CC(SCc2c(C)cccc2N(N)C(=O)N(C)N)=C(C)CC1B1OCC(C)(C)C(C)(C)O1. The number of carbonyl (C=O) groups excluding carboxylic acids is 1. The van der Waals surface area contributed by atoms with Crippen LogP contribution in [0.25, 0.3) is 0 Å². The maximum absolute atomic E-state index is 12.3. The third kappa shape index (κ3) is 5.39. The molecule has 2 aliphatic rings. The predicted octanol–water partition coefficient (Wildman–Crippen LogP) is 5.17. The van der Waals surface area contributed by atoms with Crippen molar-refractivity contribution in [2.45, 2.75) is 72.1 Å². The minimum absolute atomic E-state index is 0.0378. The van der Waals surface area contributed by atoms with E-state index in [0.29, 0.717) is 18.0 Å². The number of rotatable bonds is 5. The summed E-state index contributed by atoms with van der Waals surface area (Å²) in [4.78, 5) is 13.6. The molecular formula is C25H39BN4O3S. The van der Waals surface area contributed by atoms with Gasteiger partial charge in [0.05, 0.1) is 11.3 Å². The van der Waals surface area contributed by atoms with E-state index >= 15 is 0 Å². The number of urea groups is 1. The molecule has 186 valence electrons. The Bertz CT molecular complexity index is 1010. The Balaban J connectivity index is 1.75. The Morgan fingerprint density at radius 2 is 1.88 bits per heavy atom. The Morgan fingerprint density at radius 1 is 1.21 bits per heavy atom. The zero-order chi connectivity index (χ0) is 25.4. The summed E-state index contributed by atoms with van der Waals surface area (Å²) < 4.78 is 12.6. The highest BCUT2D eigenvalue weighted by molar-refractivity contribution is 8.02. The van der Waals surface area contributed by atoms with Gasteiger partial charge in [-0.05, 0) is 64.3 Å². The number of hydrogen-bond acceptors (Lipinski definition) is 6. The third-order valence-corrected chi connectivity index (χ3v) is 8.60. The van der Waals surface area contributed by atoms with Crippen LogP contribution in [-0.2, 0) is 15.1 Å². The van der Waals surface area contributed by atoms with Gasteiger partial charge in [-0.25, -0.2) is 21.5 Å². The number of hydrazine groups is 2. The molecule has 34 heavy (non-hydrogen) atoms. The van der Waals surface area contributed by atoms with Gasteiger partial charge in [-0.3, -0.25) is 5.01 Å². The zero-order valence-electron chi connectivity index (χ0n) is 21.8. The van der Waals surface area contributed by atoms with Gasteiger partial charge in [0.25, 0.3) is 0 Å². The van der Waals surface area contributed by atoms with Crippen molar-refractivity contribution in [1.29, 1.82) is 0 Å². The van der Waals surface area contributed by atoms with Crippen molar-refractivity contribution in [3.05, 3.63) is 51.5 Å². The fourth-order valence-electron chi connectivity index (χ4n) is 4.17. The van der Waals surface area contributed by atoms with Crippen LogP contribution in [0.2, 0.25) is 5.82 Å². The molecule has 1 aliphatic carbocycles. The summed E-state index contributed by atoms with van der Waals surface area (Å²) >= 11 is 1.76. The van der Waals surface area contributed by atoms with Crippen molar-refractivity contribution in [3.63, 3.8) is 0 Å². The van der Waals surface area contributed by atoms with Gasteiger partial charge >= 0.3 is 13.1 Å². The van der Waals surface area contributed by atoms with Gasteiger partial charge in [0.15, 0.2) is 0 Å². The standard InChI is InChI=1S/C25H39BN4O3S/c1-16-10-9-11-21(30(28)23(31)29(8)27)19(16)14-34-22-13-17(2)20(12-18(22)3)26-32-15-24(4,5)25(6,7)33-26/h9-11,13,20H,12,14-15,27-28H2,1-8H3. The summed E-state index contributed by atoms with van der Waals surface area (Å²) in [6.45, 7) is 15.7. The molecule has 7 nitrogen and oxygen atoms in total. The number of aryl methyl sites for hydroxylation is 1. The zero-order valence-corrected chi connectivity index (χ0v) is 22.6. The lowest BCUT2D eigenvalue weighted by molar-refractivity contribution is -0.0996. The molecule has 0 radical (unpaired) electrons. The molecule has 1 aromatic rings. The Morgan fingerprint density at radius 3 is 2.50 bits per heavy atom. The molecular weight excluding hydrogens is 447 g/mol. The first-order chi connectivity index (χ1) is 15.7. The van der Waals surface area contributed by atoms with Crippen LogP contribution in [0.5, 0.6) is 0 Å². The van der Waals surface area contributed by atoms with Crippen LogP contribution < -0.4 is 16.7 Å². The van der Waals surface area contributed by atoms with E-state index in [9.17, 15) is 4.79 Å². The quantitative estimate of drug-likeness (QED) is 0.258. The molecule has 2 amide bonds. The summed E-state index contributed by atoms with van der Waals surface area (Å²) in [6.07, 6.45) is 3.15. The second kappa shape index (κ2) is 10.1. The van der Waals surface area contributed by atoms with E-state index in [1.165, 1.54) is 23.1 Å². The molecule has 0 saturated carbocycles. The molecule has 1 saturated heterocycles. The number of amides is 2. The summed E-state index contributed by atoms with van der Waals surface area (Å²) in [6, 6.07) is 5.31. The summed E-state index contributed by atoms with van der Waals surface area (Å²) in [7, 11) is 1.24. The van der Waals surface area contributed by atoms with Gasteiger partial charge in [-0.15, -0.1) is 11.8 Å². The number of nitrogens with zero attached hydrogens (tertiary/aromatic N) is 2. The normalized spacial score (nSPS) is 21.9. The van der Waals surface area contributed by atoms with Gasteiger partial charge < -0.3 is 9.31 Å². The maximum Gasteiger partial charge on any atom is 0.465 e. The van der Waals surface area contributed by atoms with Crippen molar-refractivity contribution in [1.82, 2.24) is 5.01 Å². The smallest absolute Gasteiger partial charge is 0.410 e. The molecule has 0 bridgehead atoms. The first kappa shape index (κ1) is 26.8. The van der Waals surface area contributed by atoms with Gasteiger partial charge in [-0.2, -0.15) is 0 Å². The highest BCUT2D eigenvalue weighted by Gasteiger charge is 2.49. The van der Waals surface area contributed by atoms with Gasteiger partial charge in [0, 0.05) is 35.5 Å². The van der Waals surface area contributed by atoms with E-state index in [2.05, 4.69) is 47.6 Å². The van der Waals surface area contributed by atoms with E-state index in [1.54, 1.807) is 11.8 Å². The van der Waals surface area contributed by atoms with Crippen LogP contribution in [-0.4, -0.2) is 37.4 Å². The number of carbonyl (C=O) groups is 1. The highest BCUT2D eigenvalue weighted by Crippen LogP contribution is 2.46. The minimum Gasteiger partial charge on any atom is -0.410 e. The lowest BCUT2D eigenvalue weighted by atomic mass is 9.60. The maximum atomic E-state index is 12.3. The Kier molecular flexibility index (Phi) is 7.94. The molecule has 9 heteroatoms. The number of nitrogens with two attached hydrogens (primary N) is 2. The average Bonchev–Trinajstić information content (AvgIpc) is 2.75. The topological polar surface area (TPSA) is 94.1 Å². The molecule has 1 heterocycles. The largest absolute Gasteiger partial charge is 0.465 e. The van der Waals surface area contributed by atoms with Gasteiger partial charge in [-0.1, -0.05) is 37.1 Å². The van der Waals surface area contributed by atoms with Crippen molar-refractivity contribution in [2.24, 2.45) is 17.1 Å². The third-order valence-electron chi connectivity index (χ3n) is 7.39. The van der Waals surface area contributed by atoms with Crippen molar-refractivity contribution in [2.75, 3.05) is 18.7 Å². The lowest BCUT2D eigenvalue weighted by Crippen LogP contribution is -2.56. The van der Waals surface area contributed by atoms with Gasteiger partial charge in [0.1, 0.15) is 0 Å². The van der Waals surface area contributed by atoms with Crippen LogP contribution in [0.15, 0.2) is 40.3 Å². The Hall–Kier alpha value is -1.78. The molecule has 4 N–H and O–H groups in total. The van der Waals surface area contributed by atoms with Gasteiger partial charge in [0.2, 0.25) is 0 Å². The number of allylic oxidation sites excluding steroid dienone is 3. The molecule has 1 aliphatic heterocycles. The van der Waals surface area contributed by atoms with Crippen molar-refractivity contribution >= 4 is 30.6 Å². The fraction of sp³-hybridized carbons (Fsp3) is 0.560. The summed E-state index contributed by atoms with van der Waals surface area (Å²) in [5, 5.41) is 2.10. The first-order valence-electron chi connectivity index (χ1n) is 11.7. The van der Waals surface area contributed by atoms with E-state index in [1.807, 2.05) is 25.1 Å². The van der Waals surface area contributed by atoms with E-state index in [-0.39, 0.29) is 24.0 Å². The highest BCUT2D eigenvalue weighted by atomic mass is 32.2. The summed E-state index contributed by atoms with van der Waals surface area (Å²) in [5.41, 5.74) is 5.04. The van der Waals surface area contributed by atoms with Crippen LogP contribution in [0.3, 0.4) is 0 Å². The molecule has 1 aromatic carbocycles. The number of thioether (sulfide) groups is 1. The van der Waals surface area contributed by atoms with Crippen molar-refractivity contribution in [3.8, 4) is 0 Å². The van der Waals surface area contributed by atoms with Crippen LogP contribution in [0, 0.1) is 12.3 Å². The number of hydrogen-bond donors (Lipinski definition) is 2. The number of anilines is 1. The molecule has 0 spiro atoms.